The molecule has 1 saturated carbocycles. The lowest BCUT2D eigenvalue weighted by Gasteiger charge is -2.26. The summed E-state index contributed by atoms with van der Waals surface area (Å²) >= 11 is 5.79. The third kappa shape index (κ3) is 3.30. The Bertz CT molecular complexity index is 615. The molecule has 0 bridgehead atoms. The second kappa shape index (κ2) is 5.69. The van der Waals surface area contributed by atoms with Crippen LogP contribution in [0.5, 0.6) is 0 Å². The number of rotatable bonds is 5. The normalized spacial score (nSPS) is 15.3. The fourth-order valence-corrected chi connectivity index (χ4v) is 2.31. The van der Waals surface area contributed by atoms with Gasteiger partial charge in [0.2, 0.25) is 0 Å². The van der Waals surface area contributed by atoms with Crippen molar-refractivity contribution in [2.24, 2.45) is 0 Å². The minimum absolute atomic E-state index is 0.0224. The van der Waals surface area contributed by atoms with Crippen LogP contribution in [0.15, 0.2) is 18.2 Å². The highest BCUT2D eigenvalue weighted by Crippen LogP contribution is 2.31. The molecule has 0 aromatic heterocycles. The van der Waals surface area contributed by atoms with Crippen LogP contribution in [0.25, 0.3) is 0 Å². The van der Waals surface area contributed by atoms with Gasteiger partial charge in [0, 0.05) is 28.8 Å². The lowest BCUT2D eigenvalue weighted by atomic mass is 10.1. The monoisotopic (exact) mass is 312 g/mol. The number of non-ortho nitro benzene ring substituents is 1. The maximum absolute atomic E-state index is 12.5. The molecule has 2 rings (SSSR count). The molecule has 1 unspecified atom stereocenters. The molecule has 7 nitrogen and oxygen atoms in total. The molecule has 1 aromatic carbocycles. The second-order valence-corrected chi connectivity index (χ2v) is 5.35. The van der Waals surface area contributed by atoms with E-state index in [0.717, 1.165) is 25.0 Å². The predicted molar refractivity (Wildman–Crippen MR) is 74.4 cm³/mol. The van der Waals surface area contributed by atoms with Gasteiger partial charge in [0.05, 0.1) is 4.92 Å². The molecule has 0 saturated heterocycles. The van der Waals surface area contributed by atoms with Crippen molar-refractivity contribution in [2.75, 3.05) is 0 Å². The maximum atomic E-state index is 12.5. The summed E-state index contributed by atoms with van der Waals surface area (Å²) in [5.41, 5.74) is -0.279. The number of carboxylic acid groups (broad SMARTS) is 1. The van der Waals surface area contributed by atoms with Gasteiger partial charge in [-0.1, -0.05) is 11.6 Å². The molecule has 8 heteroatoms. The zero-order chi connectivity index (χ0) is 15.7. The fourth-order valence-electron chi connectivity index (χ4n) is 2.08. The standard InChI is InChI=1S/C13H13ClN2O5/c1-7(13(18)19)15(10-2-3-10)12(17)8-4-9(14)6-11(5-8)16(20)21/h4-7,10H,2-3H2,1H3,(H,18,19). The maximum Gasteiger partial charge on any atom is 0.326 e. The van der Waals surface area contributed by atoms with Gasteiger partial charge in [-0.15, -0.1) is 0 Å². The van der Waals surface area contributed by atoms with E-state index in [2.05, 4.69) is 0 Å². The third-order valence-electron chi connectivity index (χ3n) is 3.29. The molecule has 1 atom stereocenters. The molecule has 1 N–H and O–H groups in total. The van der Waals surface area contributed by atoms with Gasteiger partial charge in [-0.05, 0) is 25.8 Å². The van der Waals surface area contributed by atoms with E-state index in [9.17, 15) is 19.7 Å². The van der Waals surface area contributed by atoms with Crippen molar-refractivity contribution < 1.29 is 19.6 Å². The summed E-state index contributed by atoms with van der Waals surface area (Å²) in [6.45, 7) is 1.41. The largest absolute Gasteiger partial charge is 0.480 e. The number of nitrogens with zero attached hydrogens (tertiary/aromatic N) is 2. The van der Waals surface area contributed by atoms with E-state index in [4.69, 9.17) is 16.7 Å². The van der Waals surface area contributed by atoms with Crippen LogP contribution in [0.1, 0.15) is 30.1 Å². The first-order valence-corrected chi connectivity index (χ1v) is 6.69. The molecule has 1 fully saturated rings. The number of carboxylic acids is 1. The van der Waals surface area contributed by atoms with Crippen molar-refractivity contribution in [3.8, 4) is 0 Å². The van der Waals surface area contributed by atoms with E-state index in [1.807, 2.05) is 0 Å². The summed E-state index contributed by atoms with van der Waals surface area (Å²) in [6.07, 6.45) is 1.46. The SMILES string of the molecule is CC(C(=O)O)N(C(=O)c1cc(Cl)cc([N+](=O)[O-])c1)C1CC1. The van der Waals surface area contributed by atoms with Crippen molar-refractivity contribution in [1.29, 1.82) is 0 Å². The predicted octanol–water partition coefficient (Wildman–Crippen LogP) is 2.33. The minimum atomic E-state index is -1.12. The number of benzene rings is 1. The minimum Gasteiger partial charge on any atom is -0.480 e. The Labute approximate surface area is 125 Å². The zero-order valence-corrected chi connectivity index (χ0v) is 11.9. The molecule has 1 amide bonds. The number of carbonyl (C=O) groups excluding carboxylic acids is 1. The lowest BCUT2D eigenvalue weighted by molar-refractivity contribution is -0.384. The molecule has 0 spiro atoms. The summed E-state index contributed by atoms with van der Waals surface area (Å²) < 4.78 is 0. The van der Waals surface area contributed by atoms with Gasteiger partial charge in [0.15, 0.2) is 0 Å². The number of carbonyl (C=O) groups is 2. The van der Waals surface area contributed by atoms with Gasteiger partial charge in [-0.3, -0.25) is 14.9 Å². The number of hydrogen-bond acceptors (Lipinski definition) is 4. The Morgan fingerprint density at radius 1 is 1.43 bits per heavy atom. The van der Waals surface area contributed by atoms with Crippen LogP contribution in [0.3, 0.4) is 0 Å². The number of halogens is 1. The van der Waals surface area contributed by atoms with E-state index in [1.165, 1.54) is 17.9 Å². The summed E-state index contributed by atoms with van der Waals surface area (Å²) in [7, 11) is 0. The second-order valence-electron chi connectivity index (χ2n) is 4.91. The van der Waals surface area contributed by atoms with Gasteiger partial charge < -0.3 is 10.0 Å². The quantitative estimate of drug-likeness (QED) is 0.664. The number of nitro groups is 1. The Balaban J connectivity index is 2.37. The molecule has 0 radical (unpaired) electrons. The van der Waals surface area contributed by atoms with Crippen molar-refractivity contribution in [1.82, 2.24) is 4.90 Å². The summed E-state index contributed by atoms with van der Waals surface area (Å²) in [4.78, 5) is 35.0. The Morgan fingerprint density at radius 2 is 2.05 bits per heavy atom. The van der Waals surface area contributed by atoms with E-state index in [-0.39, 0.29) is 22.3 Å². The zero-order valence-electron chi connectivity index (χ0n) is 11.2. The molecule has 1 aliphatic rings. The van der Waals surface area contributed by atoms with Crippen molar-refractivity contribution in [2.45, 2.75) is 31.8 Å². The highest BCUT2D eigenvalue weighted by atomic mass is 35.5. The molecule has 21 heavy (non-hydrogen) atoms. The van der Waals surface area contributed by atoms with Crippen LogP contribution < -0.4 is 0 Å². The van der Waals surface area contributed by atoms with E-state index < -0.39 is 22.8 Å². The smallest absolute Gasteiger partial charge is 0.326 e. The van der Waals surface area contributed by atoms with Crippen LogP contribution in [0.2, 0.25) is 5.02 Å². The first kappa shape index (κ1) is 15.2. The molecule has 1 aliphatic carbocycles. The number of amides is 1. The fraction of sp³-hybridized carbons (Fsp3) is 0.385. The average molecular weight is 313 g/mol. The summed E-state index contributed by atoms with van der Waals surface area (Å²) in [5.74, 6) is -1.68. The molecule has 1 aromatic rings. The van der Waals surface area contributed by atoms with E-state index in [0.29, 0.717) is 0 Å². The Kier molecular flexibility index (Phi) is 4.13. The highest BCUT2D eigenvalue weighted by molar-refractivity contribution is 6.31. The van der Waals surface area contributed by atoms with Gasteiger partial charge in [-0.25, -0.2) is 4.79 Å². The van der Waals surface area contributed by atoms with Crippen molar-refractivity contribution in [3.63, 3.8) is 0 Å². The van der Waals surface area contributed by atoms with Crippen molar-refractivity contribution in [3.05, 3.63) is 38.9 Å². The van der Waals surface area contributed by atoms with Gasteiger partial charge in [0.1, 0.15) is 6.04 Å². The first-order chi connectivity index (χ1) is 9.81. The number of aliphatic carboxylic acids is 1. The average Bonchev–Trinajstić information content (AvgIpc) is 3.22. The van der Waals surface area contributed by atoms with Crippen LogP contribution in [0, 0.1) is 10.1 Å². The van der Waals surface area contributed by atoms with Crippen LogP contribution in [-0.2, 0) is 4.79 Å². The Morgan fingerprint density at radius 3 is 2.52 bits per heavy atom. The number of nitro benzene ring substituents is 1. The van der Waals surface area contributed by atoms with Crippen LogP contribution >= 0.6 is 11.6 Å². The van der Waals surface area contributed by atoms with Gasteiger partial charge in [0.25, 0.3) is 11.6 Å². The molecule has 0 aliphatic heterocycles. The highest BCUT2D eigenvalue weighted by Gasteiger charge is 2.39. The molecule has 0 heterocycles. The van der Waals surface area contributed by atoms with Gasteiger partial charge in [-0.2, -0.15) is 0 Å². The first-order valence-electron chi connectivity index (χ1n) is 6.31. The Hall–Kier alpha value is -2.15. The molecular weight excluding hydrogens is 300 g/mol. The summed E-state index contributed by atoms with van der Waals surface area (Å²) in [5, 5.41) is 20.0. The third-order valence-corrected chi connectivity index (χ3v) is 3.51. The van der Waals surface area contributed by atoms with Crippen LogP contribution in [0.4, 0.5) is 5.69 Å². The summed E-state index contributed by atoms with van der Waals surface area (Å²) in [6, 6.07) is 2.42. The van der Waals surface area contributed by atoms with Gasteiger partial charge >= 0.3 is 5.97 Å². The van der Waals surface area contributed by atoms with E-state index >= 15 is 0 Å². The number of hydrogen-bond donors (Lipinski definition) is 1. The molecule has 112 valence electrons. The van der Waals surface area contributed by atoms with Crippen molar-refractivity contribution >= 4 is 29.2 Å². The lowest BCUT2D eigenvalue weighted by Crippen LogP contribution is -2.44. The topological polar surface area (TPSA) is 101 Å². The molecular formula is C13H13ClN2O5. The van der Waals surface area contributed by atoms with E-state index in [1.54, 1.807) is 0 Å². The van der Waals surface area contributed by atoms with Crippen LogP contribution in [-0.4, -0.2) is 38.9 Å².